The van der Waals surface area contributed by atoms with Gasteiger partial charge in [0.1, 0.15) is 0 Å². The van der Waals surface area contributed by atoms with Crippen molar-refractivity contribution in [2.45, 2.75) is 44.9 Å². The Balaban J connectivity index is 1.35. The quantitative estimate of drug-likeness (QED) is 0.174. The fourth-order valence-corrected chi connectivity index (χ4v) is 8.32. The van der Waals surface area contributed by atoms with Crippen LogP contribution in [0.1, 0.15) is 56.4 Å². The Morgan fingerprint density at radius 2 is 1.39 bits per heavy atom. The van der Waals surface area contributed by atoms with Crippen LogP contribution in [-0.4, -0.2) is 4.57 Å². The van der Waals surface area contributed by atoms with Gasteiger partial charge in [-0.05, 0) is 102 Å². The molecule has 6 aromatic carbocycles. The Labute approximate surface area is 258 Å². The minimum atomic E-state index is -0.168. The zero-order valence-corrected chi connectivity index (χ0v) is 25.8. The summed E-state index contributed by atoms with van der Waals surface area (Å²) in [5.41, 5.74) is 11.4. The lowest BCUT2D eigenvalue weighted by Crippen LogP contribution is -2.18. The van der Waals surface area contributed by atoms with Gasteiger partial charge in [0.15, 0.2) is 0 Å². The van der Waals surface area contributed by atoms with Crippen molar-refractivity contribution in [1.29, 1.82) is 0 Å². The van der Waals surface area contributed by atoms with Crippen molar-refractivity contribution in [3.8, 4) is 5.69 Å². The number of aromatic nitrogens is 1. The summed E-state index contributed by atoms with van der Waals surface area (Å²) in [6.07, 6.45) is 8.11. The van der Waals surface area contributed by atoms with Gasteiger partial charge in [-0.1, -0.05) is 119 Å². The molecule has 0 bridgehead atoms. The molecule has 7 aromatic rings. The standard InChI is InChI=1S/C43H35N/c1-26-24-35-32(20-22-42(2,3)34-19-17-29-21-23-44(41(29)37(26)34)31-12-7-6-8-13-31)40-33-18-16-28-11-9-10-27-14-15-30(39(33)38(27)28)25-36(40)43(35,4)5/h6-21,23-25H,1,22H2,2-5H3/b32-20+,35-24?. The van der Waals surface area contributed by atoms with Gasteiger partial charge in [0, 0.05) is 28.2 Å². The van der Waals surface area contributed by atoms with Crippen molar-refractivity contribution in [2.75, 3.05) is 0 Å². The summed E-state index contributed by atoms with van der Waals surface area (Å²) < 4.78 is 2.35. The Kier molecular flexibility index (Phi) is 5.01. The molecule has 9 rings (SSSR count). The SMILES string of the molecule is C=C1C=C2/C(=C\CC(C)(C)c3ccc4ccn(-c5ccccc5)c4c31)c1c(cc3ccc4cccc5ccc1c3c45)C2(C)C. The van der Waals surface area contributed by atoms with E-state index in [1.807, 2.05) is 0 Å². The lowest BCUT2D eigenvalue weighted by atomic mass is 9.76. The number of fused-ring (bicyclic) bond motifs is 7. The van der Waals surface area contributed by atoms with Crippen molar-refractivity contribution in [2.24, 2.45) is 0 Å². The number of para-hydroxylation sites is 1. The zero-order valence-electron chi connectivity index (χ0n) is 25.8. The van der Waals surface area contributed by atoms with Gasteiger partial charge in [-0.3, -0.25) is 0 Å². The van der Waals surface area contributed by atoms with Crippen molar-refractivity contribution < 1.29 is 0 Å². The molecular weight excluding hydrogens is 530 g/mol. The Morgan fingerprint density at radius 1 is 0.659 bits per heavy atom. The molecule has 0 atom stereocenters. The molecule has 0 aliphatic heterocycles. The van der Waals surface area contributed by atoms with Crippen LogP contribution >= 0.6 is 0 Å². The number of nitrogens with zero attached hydrogens (tertiary/aromatic N) is 1. The van der Waals surface area contributed by atoms with E-state index in [9.17, 15) is 0 Å². The molecule has 2 aliphatic carbocycles. The Morgan fingerprint density at radius 3 is 2.18 bits per heavy atom. The van der Waals surface area contributed by atoms with Crippen LogP contribution in [0.2, 0.25) is 0 Å². The maximum Gasteiger partial charge on any atom is 0.0609 e. The predicted molar refractivity (Wildman–Crippen MR) is 189 cm³/mol. The first-order chi connectivity index (χ1) is 21.2. The average molecular weight is 566 g/mol. The molecular formula is C43H35N. The van der Waals surface area contributed by atoms with Gasteiger partial charge in [0.05, 0.1) is 5.52 Å². The van der Waals surface area contributed by atoms with Crippen molar-refractivity contribution >= 4 is 54.4 Å². The first kappa shape index (κ1) is 25.6. The van der Waals surface area contributed by atoms with E-state index in [0.717, 1.165) is 12.0 Å². The fraction of sp³-hybridized carbons (Fsp3) is 0.163. The second-order valence-corrected chi connectivity index (χ2v) is 14.0. The summed E-state index contributed by atoms with van der Waals surface area (Å²) in [5, 5.41) is 9.33. The molecule has 212 valence electrons. The summed E-state index contributed by atoms with van der Waals surface area (Å²) in [7, 11) is 0. The molecule has 0 saturated carbocycles. The summed E-state index contributed by atoms with van der Waals surface area (Å²) >= 11 is 0. The monoisotopic (exact) mass is 565 g/mol. The molecule has 0 saturated heterocycles. The van der Waals surface area contributed by atoms with Crippen molar-refractivity contribution in [3.05, 3.63) is 150 Å². The number of allylic oxidation sites excluding steroid dienone is 5. The van der Waals surface area contributed by atoms with Crippen LogP contribution in [-0.2, 0) is 10.8 Å². The van der Waals surface area contributed by atoms with E-state index < -0.39 is 0 Å². The largest absolute Gasteiger partial charge is 0.316 e. The van der Waals surface area contributed by atoms with Gasteiger partial charge in [-0.15, -0.1) is 0 Å². The van der Waals surface area contributed by atoms with Gasteiger partial charge in [-0.25, -0.2) is 0 Å². The lowest BCUT2D eigenvalue weighted by molar-refractivity contribution is 0.534. The average Bonchev–Trinajstić information content (AvgIpc) is 3.56. The molecule has 0 amide bonds. The topological polar surface area (TPSA) is 4.93 Å². The highest BCUT2D eigenvalue weighted by molar-refractivity contribution is 6.26. The van der Waals surface area contributed by atoms with Gasteiger partial charge >= 0.3 is 0 Å². The first-order valence-corrected chi connectivity index (χ1v) is 15.8. The van der Waals surface area contributed by atoms with Crippen LogP contribution in [0.15, 0.2) is 128 Å². The predicted octanol–water partition coefficient (Wildman–Crippen LogP) is 11.5. The van der Waals surface area contributed by atoms with Crippen molar-refractivity contribution in [1.82, 2.24) is 4.57 Å². The van der Waals surface area contributed by atoms with Crippen molar-refractivity contribution in [3.63, 3.8) is 0 Å². The number of hydrogen-bond acceptors (Lipinski definition) is 0. The summed E-state index contributed by atoms with van der Waals surface area (Å²) in [4.78, 5) is 0. The third kappa shape index (κ3) is 3.30. The van der Waals surface area contributed by atoms with Gasteiger partial charge in [-0.2, -0.15) is 0 Å². The second-order valence-electron chi connectivity index (χ2n) is 14.0. The summed E-state index contributed by atoms with van der Waals surface area (Å²) in [5.74, 6) is 0. The smallest absolute Gasteiger partial charge is 0.0609 e. The van der Waals surface area contributed by atoms with E-state index in [4.69, 9.17) is 6.58 Å². The fourth-order valence-electron chi connectivity index (χ4n) is 8.32. The number of rotatable bonds is 1. The minimum Gasteiger partial charge on any atom is -0.316 e. The van der Waals surface area contributed by atoms with E-state index >= 15 is 0 Å². The molecule has 1 aromatic heterocycles. The van der Waals surface area contributed by atoms with Crippen LogP contribution in [0, 0.1) is 0 Å². The van der Waals surface area contributed by atoms with E-state index in [1.54, 1.807) is 0 Å². The minimum absolute atomic E-state index is 0.0920. The zero-order chi connectivity index (χ0) is 30.0. The summed E-state index contributed by atoms with van der Waals surface area (Å²) in [6, 6.07) is 36.0. The maximum atomic E-state index is 4.83. The number of benzene rings is 6. The van der Waals surface area contributed by atoms with E-state index in [-0.39, 0.29) is 10.8 Å². The third-order valence-electron chi connectivity index (χ3n) is 10.6. The highest BCUT2D eigenvalue weighted by Crippen LogP contribution is 2.56. The molecule has 2 aliphatic rings. The van der Waals surface area contributed by atoms with Gasteiger partial charge < -0.3 is 4.57 Å². The highest BCUT2D eigenvalue weighted by atomic mass is 15.0. The molecule has 0 spiro atoms. The van der Waals surface area contributed by atoms with Crippen LogP contribution < -0.4 is 0 Å². The number of hydrogen-bond donors (Lipinski definition) is 0. The maximum absolute atomic E-state index is 4.83. The second kappa shape index (κ2) is 8.61. The van der Waals surface area contributed by atoms with E-state index in [1.165, 1.54) is 82.3 Å². The first-order valence-electron chi connectivity index (χ1n) is 15.8. The molecule has 1 heterocycles. The van der Waals surface area contributed by atoms with Crippen LogP contribution in [0.3, 0.4) is 0 Å². The van der Waals surface area contributed by atoms with E-state index in [2.05, 4.69) is 148 Å². The molecule has 1 heteroatoms. The lowest BCUT2D eigenvalue weighted by Gasteiger charge is -2.28. The molecule has 44 heavy (non-hydrogen) atoms. The molecule has 0 radical (unpaired) electrons. The van der Waals surface area contributed by atoms with Gasteiger partial charge in [0.2, 0.25) is 0 Å². The van der Waals surface area contributed by atoms with Crippen LogP contribution in [0.4, 0.5) is 0 Å². The molecule has 0 fully saturated rings. The molecule has 0 N–H and O–H groups in total. The molecule has 0 unspecified atom stereocenters. The normalized spacial score (nSPS) is 18.4. The Hall–Kier alpha value is -4.88. The Bertz CT molecular complexity index is 2390. The third-order valence-corrected chi connectivity index (χ3v) is 10.6. The van der Waals surface area contributed by atoms with Gasteiger partial charge in [0.25, 0.3) is 0 Å². The van der Waals surface area contributed by atoms with E-state index in [0.29, 0.717) is 0 Å². The summed E-state index contributed by atoms with van der Waals surface area (Å²) in [6.45, 7) is 14.4. The highest BCUT2D eigenvalue weighted by Gasteiger charge is 2.41. The van der Waals surface area contributed by atoms with Crippen LogP contribution in [0.25, 0.3) is 60.1 Å². The van der Waals surface area contributed by atoms with Crippen LogP contribution in [0.5, 0.6) is 0 Å². The molecule has 1 nitrogen and oxygen atoms in total.